The predicted octanol–water partition coefficient (Wildman–Crippen LogP) is 2.07. The summed E-state index contributed by atoms with van der Waals surface area (Å²) in [5, 5.41) is 9.41. The van der Waals surface area contributed by atoms with Crippen molar-refractivity contribution in [2.45, 2.75) is 46.1 Å². The van der Waals surface area contributed by atoms with Crippen molar-refractivity contribution in [1.82, 2.24) is 0 Å². The average Bonchev–Trinajstić information content (AvgIpc) is 2.03. The van der Waals surface area contributed by atoms with Gasteiger partial charge in [-0.05, 0) is 32.3 Å². The van der Waals surface area contributed by atoms with Crippen LogP contribution < -0.4 is 0 Å². The zero-order valence-corrected chi connectivity index (χ0v) is 8.13. The fourth-order valence-electron chi connectivity index (χ4n) is 1.05. The number of carbonyl (C=O) groups is 1. The molecular formula is C10H18O2. The number of rotatable bonds is 5. The topological polar surface area (TPSA) is 37.3 Å². The maximum absolute atomic E-state index is 10.3. The van der Waals surface area contributed by atoms with E-state index in [1.807, 2.05) is 13.8 Å². The van der Waals surface area contributed by atoms with E-state index in [9.17, 15) is 9.90 Å². The van der Waals surface area contributed by atoms with Crippen LogP contribution in [0.25, 0.3) is 0 Å². The summed E-state index contributed by atoms with van der Waals surface area (Å²) >= 11 is 0. The highest BCUT2D eigenvalue weighted by Crippen LogP contribution is 2.12. The molecular weight excluding hydrogens is 152 g/mol. The van der Waals surface area contributed by atoms with E-state index in [-0.39, 0.29) is 6.10 Å². The number of aliphatic hydroxyl groups is 1. The van der Waals surface area contributed by atoms with Crippen LogP contribution in [0.2, 0.25) is 0 Å². The van der Waals surface area contributed by atoms with Gasteiger partial charge in [-0.3, -0.25) is 4.79 Å². The highest BCUT2D eigenvalue weighted by molar-refractivity contribution is 5.73. The molecule has 1 atom stereocenters. The van der Waals surface area contributed by atoms with Crippen LogP contribution in [0.1, 0.15) is 40.0 Å². The first kappa shape index (κ1) is 11.4. The largest absolute Gasteiger partial charge is 0.393 e. The smallest absolute Gasteiger partial charge is 0.145 e. The first-order valence-electron chi connectivity index (χ1n) is 4.41. The molecule has 0 heterocycles. The van der Waals surface area contributed by atoms with E-state index in [2.05, 4.69) is 0 Å². The van der Waals surface area contributed by atoms with E-state index in [0.29, 0.717) is 6.42 Å². The molecule has 0 aromatic heterocycles. The molecule has 2 nitrogen and oxygen atoms in total. The second-order valence-electron chi connectivity index (χ2n) is 3.23. The highest BCUT2D eigenvalue weighted by atomic mass is 16.3. The maximum atomic E-state index is 10.3. The Bertz CT molecular complexity index is 171. The van der Waals surface area contributed by atoms with Gasteiger partial charge in [0.15, 0.2) is 0 Å². The summed E-state index contributed by atoms with van der Waals surface area (Å²) in [6.07, 6.45) is 2.97. The lowest BCUT2D eigenvalue weighted by Gasteiger charge is -2.09. The number of carbonyl (C=O) groups excluding carboxylic acids is 1. The molecule has 0 radical (unpaired) electrons. The molecule has 1 unspecified atom stereocenters. The molecule has 0 amide bonds. The zero-order chi connectivity index (χ0) is 9.56. The van der Waals surface area contributed by atoms with Gasteiger partial charge in [0.1, 0.15) is 6.29 Å². The second-order valence-corrected chi connectivity index (χ2v) is 3.23. The molecule has 0 spiro atoms. The lowest BCUT2D eigenvalue weighted by atomic mass is 10.0. The Labute approximate surface area is 74.3 Å². The van der Waals surface area contributed by atoms with Crippen molar-refractivity contribution in [2.75, 3.05) is 0 Å². The van der Waals surface area contributed by atoms with Gasteiger partial charge in [0.05, 0.1) is 6.10 Å². The molecule has 2 heteroatoms. The first-order valence-corrected chi connectivity index (χ1v) is 4.41. The SMILES string of the molecule is CCCC(O)C/C(C)=C(\C)C=O. The summed E-state index contributed by atoms with van der Waals surface area (Å²) < 4.78 is 0. The maximum Gasteiger partial charge on any atom is 0.145 e. The van der Waals surface area contributed by atoms with E-state index in [1.54, 1.807) is 6.92 Å². The fourth-order valence-corrected chi connectivity index (χ4v) is 1.05. The van der Waals surface area contributed by atoms with E-state index in [4.69, 9.17) is 0 Å². The summed E-state index contributed by atoms with van der Waals surface area (Å²) in [6.45, 7) is 5.71. The molecule has 0 aliphatic rings. The third-order valence-electron chi connectivity index (χ3n) is 2.01. The van der Waals surface area contributed by atoms with E-state index >= 15 is 0 Å². The molecule has 12 heavy (non-hydrogen) atoms. The minimum absolute atomic E-state index is 0.287. The molecule has 0 rings (SSSR count). The Hall–Kier alpha value is -0.630. The lowest BCUT2D eigenvalue weighted by molar-refractivity contribution is -0.104. The molecule has 0 bridgehead atoms. The summed E-state index contributed by atoms with van der Waals surface area (Å²) in [4.78, 5) is 10.3. The number of hydrogen-bond acceptors (Lipinski definition) is 2. The van der Waals surface area contributed by atoms with Crippen LogP contribution in [-0.2, 0) is 4.79 Å². The number of aldehydes is 1. The lowest BCUT2D eigenvalue weighted by Crippen LogP contribution is -2.06. The first-order chi connectivity index (χ1) is 5.61. The predicted molar refractivity (Wildman–Crippen MR) is 50.0 cm³/mol. The Morgan fingerprint density at radius 1 is 1.50 bits per heavy atom. The Kier molecular flexibility index (Phi) is 5.64. The van der Waals surface area contributed by atoms with Gasteiger partial charge < -0.3 is 5.11 Å². The highest BCUT2D eigenvalue weighted by Gasteiger charge is 2.04. The van der Waals surface area contributed by atoms with Gasteiger partial charge in [-0.15, -0.1) is 0 Å². The van der Waals surface area contributed by atoms with Crippen molar-refractivity contribution < 1.29 is 9.90 Å². The minimum Gasteiger partial charge on any atom is -0.393 e. The van der Waals surface area contributed by atoms with Crippen molar-refractivity contribution in [3.8, 4) is 0 Å². The second kappa shape index (κ2) is 5.95. The number of aliphatic hydroxyl groups excluding tert-OH is 1. The van der Waals surface area contributed by atoms with Gasteiger partial charge >= 0.3 is 0 Å². The Balaban J connectivity index is 3.98. The van der Waals surface area contributed by atoms with Gasteiger partial charge in [0, 0.05) is 0 Å². The Morgan fingerprint density at radius 3 is 2.50 bits per heavy atom. The van der Waals surface area contributed by atoms with E-state index in [1.165, 1.54) is 0 Å². The standard InChI is InChI=1S/C10H18O2/c1-4-5-10(12)6-8(2)9(3)7-11/h7,10,12H,4-6H2,1-3H3/b9-8+. The molecule has 0 aliphatic heterocycles. The van der Waals surface area contributed by atoms with Crippen LogP contribution >= 0.6 is 0 Å². The number of allylic oxidation sites excluding steroid dienone is 1. The third kappa shape index (κ3) is 4.29. The number of hydrogen-bond donors (Lipinski definition) is 1. The van der Waals surface area contributed by atoms with Gasteiger partial charge in [0.2, 0.25) is 0 Å². The van der Waals surface area contributed by atoms with Crippen molar-refractivity contribution in [3.63, 3.8) is 0 Å². The van der Waals surface area contributed by atoms with Gasteiger partial charge in [-0.25, -0.2) is 0 Å². The third-order valence-corrected chi connectivity index (χ3v) is 2.01. The van der Waals surface area contributed by atoms with Crippen molar-refractivity contribution in [2.24, 2.45) is 0 Å². The molecule has 0 fully saturated rings. The zero-order valence-electron chi connectivity index (χ0n) is 8.13. The van der Waals surface area contributed by atoms with Crippen LogP contribution in [0, 0.1) is 0 Å². The molecule has 0 saturated heterocycles. The van der Waals surface area contributed by atoms with Crippen LogP contribution in [0.3, 0.4) is 0 Å². The van der Waals surface area contributed by atoms with Gasteiger partial charge in [-0.2, -0.15) is 0 Å². The van der Waals surface area contributed by atoms with E-state index in [0.717, 1.165) is 30.3 Å². The summed E-state index contributed by atoms with van der Waals surface area (Å²) in [5.74, 6) is 0. The summed E-state index contributed by atoms with van der Waals surface area (Å²) in [5.41, 5.74) is 1.73. The van der Waals surface area contributed by atoms with Crippen molar-refractivity contribution in [3.05, 3.63) is 11.1 Å². The molecule has 0 aliphatic carbocycles. The molecule has 0 saturated carbocycles. The molecule has 70 valence electrons. The Morgan fingerprint density at radius 2 is 2.08 bits per heavy atom. The van der Waals surface area contributed by atoms with Crippen LogP contribution in [0.5, 0.6) is 0 Å². The summed E-state index contributed by atoms with van der Waals surface area (Å²) in [6, 6.07) is 0. The van der Waals surface area contributed by atoms with Crippen LogP contribution in [0.4, 0.5) is 0 Å². The molecule has 1 N–H and O–H groups in total. The van der Waals surface area contributed by atoms with Gasteiger partial charge in [-0.1, -0.05) is 18.9 Å². The van der Waals surface area contributed by atoms with Gasteiger partial charge in [0.25, 0.3) is 0 Å². The van der Waals surface area contributed by atoms with Crippen molar-refractivity contribution in [1.29, 1.82) is 0 Å². The van der Waals surface area contributed by atoms with Crippen LogP contribution in [0.15, 0.2) is 11.1 Å². The quantitative estimate of drug-likeness (QED) is 0.506. The normalized spacial score (nSPS) is 15.3. The van der Waals surface area contributed by atoms with Crippen LogP contribution in [-0.4, -0.2) is 17.5 Å². The minimum atomic E-state index is -0.287. The van der Waals surface area contributed by atoms with Crippen molar-refractivity contribution >= 4 is 6.29 Å². The average molecular weight is 170 g/mol. The fraction of sp³-hybridized carbons (Fsp3) is 0.700. The molecule has 0 aromatic carbocycles. The monoisotopic (exact) mass is 170 g/mol. The summed E-state index contributed by atoms with van der Waals surface area (Å²) in [7, 11) is 0. The molecule has 0 aromatic rings. The van der Waals surface area contributed by atoms with E-state index < -0.39 is 0 Å².